The summed E-state index contributed by atoms with van der Waals surface area (Å²) in [5.74, 6) is -2.48. The molecule has 0 aromatic heterocycles. The second kappa shape index (κ2) is 7.72. The molecule has 0 radical (unpaired) electrons. The molecule has 2 atom stereocenters. The first kappa shape index (κ1) is 19.3. The minimum atomic E-state index is -1.79. The van der Waals surface area contributed by atoms with Gasteiger partial charge in [-0.2, -0.15) is 0 Å². The third-order valence-corrected chi connectivity index (χ3v) is 3.50. The van der Waals surface area contributed by atoms with E-state index in [4.69, 9.17) is 10.2 Å². The number of hydrogen-bond donors (Lipinski definition) is 4. The summed E-state index contributed by atoms with van der Waals surface area (Å²) in [6, 6.07) is 16.6. The molecule has 6 nitrogen and oxygen atoms in total. The van der Waals surface area contributed by atoms with Gasteiger partial charge in [-0.1, -0.05) is 60.7 Å². The summed E-state index contributed by atoms with van der Waals surface area (Å²) in [5, 5.41) is 36.2. The number of carboxylic acids is 2. The Hall–Kier alpha value is -2.70. The molecule has 0 saturated heterocycles. The molecular weight excluding hydrogens is 312 g/mol. The van der Waals surface area contributed by atoms with E-state index >= 15 is 0 Å². The number of carbonyl (C=O) groups is 2. The molecule has 0 amide bonds. The quantitative estimate of drug-likeness (QED) is 0.680. The first-order valence-corrected chi connectivity index (χ1v) is 7.12. The van der Waals surface area contributed by atoms with E-state index in [2.05, 4.69) is 0 Å². The fourth-order valence-electron chi connectivity index (χ4n) is 1.77. The molecule has 0 saturated carbocycles. The smallest absolute Gasteiger partial charge is 0.340 e. The van der Waals surface area contributed by atoms with Crippen LogP contribution in [0.4, 0.5) is 0 Å². The largest absolute Gasteiger partial charge is 0.479 e. The predicted octanol–water partition coefficient (Wildman–Crippen LogP) is 1.96. The number of benzene rings is 2. The second-order valence-electron chi connectivity index (χ2n) is 5.49. The maximum atomic E-state index is 10.6. The molecule has 0 aliphatic carbocycles. The van der Waals surface area contributed by atoms with Crippen molar-refractivity contribution in [3.63, 3.8) is 0 Å². The first-order valence-electron chi connectivity index (χ1n) is 7.12. The van der Waals surface area contributed by atoms with Gasteiger partial charge in [-0.05, 0) is 25.0 Å². The molecule has 2 aromatic carbocycles. The van der Waals surface area contributed by atoms with Gasteiger partial charge in [0.1, 0.15) is 0 Å². The fourth-order valence-corrected chi connectivity index (χ4v) is 1.77. The van der Waals surface area contributed by atoms with Crippen LogP contribution in [0.5, 0.6) is 0 Å². The maximum Gasteiger partial charge on any atom is 0.340 e. The van der Waals surface area contributed by atoms with Crippen molar-refractivity contribution < 1.29 is 30.0 Å². The van der Waals surface area contributed by atoms with Gasteiger partial charge in [0.15, 0.2) is 11.2 Å². The molecule has 24 heavy (non-hydrogen) atoms. The molecule has 6 heteroatoms. The van der Waals surface area contributed by atoms with Gasteiger partial charge in [-0.15, -0.1) is 0 Å². The van der Waals surface area contributed by atoms with Gasteiger partial charge in [-0.25, -0.2) is 9.59 Å². The van der Waals surface area contributed by atoms with Crippen LogP contribution < -0.4 is 0 Å². The van der Waals surface area contributed by atoms with Crippen LogP contribution in [0.2, 0.25) is 0 Å². The van der Waals surface area contributed by atoms with Crippen LogP contribution in [-0.4, -0.2) is 32.4 Å². The summed E-state index contributed by atoms with van der Waals surface area (Å²) < 4.78 is 0. The highest BCUT2D eigenvalue weighted by molar-refractivity contribution is 5.78. The molecule has 0 spiro atoms. The average Bonchev–Trinajstić information content (AvgIpc) is 2.56. The molecule has 2 unspecified atom stereocenters. The molecule has 0 aliphatic heterocycles. The number of carboxylic acid groups (broad SMARTS) is 2. The minimum absolute atomic E-state index is 0.387. The van der Waals surface area contributed by atoms with Gasteiger partial charge in [0.25, 0.3) is 0 Å². The fraction of sp³-hybridized carbons (Fsp3) is 0.222. The zero-order valence-corrected chi connectivity index (χ0v) is 13.4. The Morgan fingerprint density at radius 1 is 0.667 bits per heavy atom. The molecular formula is C18H20O6. The Bertz CT molecular complexity index is 616. The van der Waals surface area contributed by atoms with Crippen molar-refractivity contribution in [1.82, 2.24) is 0 Å². The average molecular weight is 332 g/mol. The monoisotopic (exact) mass is 332 g/mol. The van der Waals surface area contributed by atoms with Crippen LogP contribution in [0, 0.1) is 0 Å². The molecule has 0 fully saturated rings. The Morgan fingerprint density at radius 3 is 1.12 bits per heavy atom. The van der Waals surface area contributed by atoms with Crippen LogP contribution >= 0.6 is 0 Å². The molecule has 4 N–H and O–H groups in total. The van der Waals surface area contributed by atoms with Gasteiger partial charge < -0.3 is 20.4 Å². The van der Waals surface area contributed by atoms with Gasteiger partial charge in [0.05, 0.1) is 0 Å². The summed E-state index contributed by atoms with van der Waals surface area (Å²) in [4.78, 5) is 21.1. The lowest BCUT2D eigenvalue weighted by Crippen LogP contribution is -2.31. The van der Waals surface area contributed by atoms with Crippen LogP contribution in [0.15, 0.2) is 60.7 Å². The summed E-state index contributed by atoms with van der Waals surface area (Å²) in [7, 11) is 0. The molecule has 0 heterocycles. The van der Waals surface area contributed by atoms with E-state index in [1.165, 1.54) is 13.8 Å². The summed E-state index contributed by atoms with van der Waals surface area (Å²) in [5.41, 5.74) is -2.81. The topological polar surface area (TPSA) is 115 Å². The van der Waals surface area contributed by atoms with E-state index in [1.807, 2.05) is 0 Å². The molecule has 0 aliphatic rings. The SMILES string of the molecule is CC(O)(C(=O)O)c1ccccc1.CC(O)(C(=O)O)c1ccccc1. The Morgan fingerprint density at radius 2 is 0.917 bits per heavy atom. The Labute approximate surface area is 139 Å². The van der Waals surface area contributed by atoms with Crippen LogP contribution in [0.25, 0.3) is 0 Å². The van der Waals surface area contributed by atoms with Gasteiger partial charge in [0, 0.05) is 0 Å². The van der Waals surface area contributed by atoms with Crippen LogP contribution in [0.3, 0.4) is 0 Å². The van der Waals surface area contributed by atoms with Crippen LogP contribution in [0.1, 0.15) is 25.0 Å². The van der Waals surface area contributed by atoms with E-state index in [1.54, 1.807) is 60.7 Å². The second-order valence-corrected chi connectivity index (χ2v) is 5.49. The van der Waals surface area contributed by atoms with E-state index in [0.29, 0.717) is 11.1 Å². The van der Waals surface area contributed by atoms with Crippen molar-refractivity contribution in [1.29, 1.82) is 0 Å². The lowest BCUT2D eigenvalue weighted by Gasteiger charge is -2.17. The van der Waals surface area contributed by atoms with E-state index in [9.17, 15) is 19.8 Å². The normalized spacial score (nSPS) is 15.2. The van der Waals surface area contributed by atoms with Crippen molar-refractivity contribution in [2.24, 2.45) is 0 Å². The zero-order valence-electron chi connectivity index (χ0n) is 13.4. The van der Waals surface area contributed by atoms with Gasteiger partial charge in [-0.3, -0.25) is 0 Å². The van der Waals surface area contributed by atoms with Crippen molar-refractivity contribution in [2.75, 3.05) is 0 Å². The Kier molecular flexibility index (Phi) is 6.22. The Balaban J connectivity index is 0.000000240. The maximum absolute atomic E-state index is 10.6. The van der Waals surface area contributed by atoms with E-state index in [-0.39, 0.29) is 0 Å². The highest BCUT2D eigenvalue weighted by Crippen LogP contribution is 2.20. The number of hydrogen-bond acceptors (Lipinski definition) is 4. The van der Waals surface area contributed by atoms with Gasteiger partial charge >= 0.3 is 11.9 Å². The number of rotatable bonds is 4. The lowest BCUT2D eigenvalue weighted by molar-refractivity contribution is -0.158. The molecule has 128 valence electrons. The van der Waals surface area contributed by atoms with Crippen molar-refractivity contribution in [3.8, 4) is 0 Å². The zero-order chi connectivity index (χ0) is 18.4. The van der Waals surface area contributed by atoms with Crippen molar-refractivity contribution in [3.05, 3.63) is 71.8 Å². The summed E-state index contributed by atoms with van der Waals surface area (Å²) >= 11 is 0. The van der Waals surface area contributed by atoms with Crippen LogP contribution in [-0.2, 0) is 20.8 Å². The van der Waals surface area contributed by atoms with E-state index < -0.39 is 23.1 Å². The number of aliphatic hydroxyl groups is 2. The molecule has 2 aromatic rings. The lowest BCUT2D eigenvalue weighted by atomic mass is 9.97. The number of aliphatic carboxylic acids is 2. The highest BCUT2D eigenvalue weighted by Gasteiger charge is 2.32. The van der Waals surface area contributed by atoms with Crippen molar-refractivity contribution >= 4 is 11.9 Å². The predicted molar refractivity (Wildman–Crippen MR) is 87.3 cm³/mol. The van der Waals surface area contributed by atoms with Crippen molar-refractivity contribution in [2.45, 2.75) is 25.0 Å². The standard InChI is InChI=1S/2C9H10O3/c2*1-9(12,8(10)11)7-5-3-2-4-6-7/h2*2-6,12H,1H3,(H,10,11). The van der Waals surface area contributed by atoms with Gasteiger partial charge in [0.2, 0.25) is 0 Å². The molecule has 0 bridgehead atoms. The highest BCUT2D eigenvalue weighted by atomic mass is 16.4. The first-order chi connectivity index (χ1) is 11.1. The third-order valence-electron chi connectivity index (χ3n) is 3.50. The summed E-state index contributed by atoms with van der Waals surface area (Å²) in [6.07, 6.45) is 0. The third kappa shape index (κ3) is 4.65. The van der Waals surface area contributed by atoms with E-state index in [0.717, 1.165) is 0 Å². The minimum Gasteiger partial charge on any atom is -0.479 e. The molecule has 2 rings (SSSR count). The summed E-state index contributed by atoms with van der Waals surface area (Å²) in [6.45, 7) is 2.51.